The number of nitrogens with two attached hydrogens (primary N) is 1. The summed E-state index contributed by atoms with van der Waals surface area (Å²) in [5, 5.41) is 9.64. The van der Waals surface area contributed by atoms with Crippen molar-refractivity contribution in [2.24, 2.45) is 0 Å². The zero-order chi connectivity index (χ0) is 18.7. The molecule has 138 valence electrons. The number of hydrogen-bond acceptors (Lipinski definition) is 7. The average Bonchev–Trinajstić information content (AvgIpc) is 3.18. The Kier molecular flexibility index (Phi) is 5.58. The van der Waals surface area contributed by atoms with Crippen molar-refractivity contribution < 1.29 is 17.9 Å². The van der Waals surface area contributed by atoms with Gasteiger partial charge in [0.15, 0.2) is 0 Å². The van der Waals surface area contributed by atoms with Crippen LogP contribution in [0.3, 0.4) is 0 Å². The number of ether oxygens (including phenoxy) is 1. The first-order valence-corrected chi connectivity index (χ1v) is 9.29. The summed E-state index contributed by atoms with van der Waals surface area (Å²) in [7, 11) is 0. The fourth-order valence-electron chi connectivity index (χ4n) is 1.86. The summed E-state index contributed by atoms with van der Waals surface area (Å²) in [5.41, 5.74) is 0.686. The van der Waals surface area contributed by atoms with Gasteiger partial charge in [-0.05, 0) is 24.3 Å². The van der Waals surface area contributed by atoms with E-state index >= 15 is 0 Å². The highest BCUT2D eigenvalue weighted by atomic mass is 35.5. The number of nitrogen functional groups attached to an aromatic ring is 1. The first-order valence-electron chi connectivity index (χ1n) is 7.05. The van der Waals surface area contributed by atoms with Crippen LogP contribution >= 0.6 is 34.7 Å². The third-order valence-corrected chi connectivity index (χ3v) is 5.14. The molecule has 0 saturated carbocycles. The maximum absolute atomic E-state index is 12.6. The van der Waals surface area contributed by atoms with Gasteiger partial charge in [-0.25, -0.2) is 9.66 Å². The first kappa shape index (κ1) is 18.8. The van der Waals surface area contributed by atoms with Gasteiger partial charge in [0.2, 0.25) is 5.16 Å². The minimum atomic E-state index is -4.65. The molecule has 0 aliphatic carbocycles. The van der Waals surface area contributed by atoms with E-state index in [2.05, 4.69) is 15.2 Å². The largest absolute Gasteiger partial charge is 0.486 e. The van der Waals surface area contributed by atoms with Crippen LogP contribution in [-0.2, 0) is 18.5 Å². The van der Waals surface area contributed by atoms with Crippen LogP contribution in [0.25, 0.3) is 0 Å². The highest BCUT2D eigenvalue weighted by Gasteiger charge is 2.38. The average molecular weight is 422 g/mol. The maximum atomic E-state index is 12.6. The standard InChI is InChI=1S/C14H11ClF3N5OS2/c15-8-1-3-10(4-2-8)24-5-11-20-9(6-25-11)7-26-13-22-21-12(23(13)19)14(16,17)18/h1-4,6H,5,7,19H2. The molecule has 0 saturated heterocycles. The summed E-state index contributed by atoms with van der Waals surface area (Å²) in [4.78, 5) is 4.37. The lowest BCUT2D eigenvalue weighted by molar-refractivity contribution is -0.146. The number of aromatic nitrogens is 4. The number of rotatable bonds is 6. The van der Waals surface area contributed by atoms with Gasteiger partial charge in [-0.3, -0.25) is 0 Å². The van der Waals surface area contributed by atoms with Crippen LogP contribution in [0.5, 0.6) is 5.75 Å². The lowest BCUT2D eigenvalue weighted by Crippen LogP contribution is -2.21. The summed E-state index contributed by atoms with van der Waals surface area (Å²) in [6, 6.07) is 6.94. The summed E-state index contributed by atoms with van der Waals surface area (Å²) in [6.45, 7) is 0.280. The molecular weight excluding hydrogens is 411 g/mol. The third-order valence-electron chi connectivity index (χ3n) is 3.04. The van der Waals surface area contributed by atoms with Gasteiger partial charge in [0.1, 0.15) is 17.4 Å². The van der Waals surface area contributed by atoms with E-state index in [9.17, 15) is 13.2 Å². The Balaban J connectivity index is 1.55. The summed E-state index contributed by atoms with van der Waals surface area (Å²) < 4.78 is 43.9. The number of halogens is 4. The van der Waals surface area contributed by atoms with Crippen LogP contribution in [0.2, 0.25) is 5.02 Å². The Morgan fingerprint density at radius 1 is 1.23 bits per heavy atom. The molecule has 0 aliphatic heterocycles. The van der Waals surface area contributed by atoms with E-state index in [1.54, 1.807) is 29.6 Å². The molecule has 2 heterocycles. The second kappa shape index (κ2) is 7.72. The van der Waals surface area contributed by atoms with Gasteiger partial charge < -0.3 is 10.6 Å². The van der Waals surface area contributed by atoms with Crippen LogP contribution in [0, 0.1) is 0 Å². The minimum absolute atomic E-state index is 0.0377. The Bertz CT molecular complexity index is 882. The van der Waals surface area contributed by atoms with Crippen molar-refractivity contribution in [2.75, 3.05) is 5.84 Å². The Morgan fingerprint density at radius 3 is 2.62 bits per heavy atom. The second-order valence-electron chi connectivity index (χ2n) is 4.94. The van der Waals surface area contributed by atoms with E-state index in [-0.39, 0.29) is 11.8 Å². The fraction of sp³-hybridized carbons (Fsp3) is 0.214. The normalized spacial score (nSPS) is 11.7. The van der Waals surface area contributed by atoms with E-state index in [4.69, 9.17) is 22.2 Å². The molecule has 0 radical (unpaired) electrons. The van der Waals surface area contributed by atoms with Gasteiger partial charge in [0, 0.05) is 16.2 Å². The fourth-order valence-corrected chi connectivity index (χ4v) is 3.55. The maximum Gasteiger partial charge on any atom is 0.453 e. The highest BCUT2D eigenvalue weighted by molar-refractivity contribution is 7.98. The number of thioether (sulfide) groups is 1. The number of alkyl halides is 3. The van der Waals surface area contributed by atoms with Crippen LogP contribution in [0.4, 0.5) is 13.2 Å². The lowest BCUT2D eigenvalue weighted by atomic mass is 10.3. The van der Waals surface area contributed by atoms with Crippen molar-refractivity contribution in [1.29, 1.82) is 0 Å². The van der Waals surface area contributed by atoms with E-state index in [0.717, 1.165) is 16.8 Å². The molecule has 3 aromatic rings. The molecule has 0 spiro atoms. The zero-order valence-electron chi connectivity index (χ0n) is 12.9. The predicted molar refractivity (Wildman–Crippen MR) is 92.6 cm³/mol. The second-order valence-corrected chi connectivity index (χ2v) is 7.26. The van der Waals surface area contributed by atoms with Gasteiger partial charge >= 0.3 is 6.18 Å². The molecule has 0 amide bonds. The lowest BCUT2D eigenvalue weighted by Gasteiger charge is -2.05. The van der Waals surface area contributed by atoms with Gasteiger partial charge in [0.25, 0.3) is 5.82 Å². The summed E-state index contributed by atoms with van der Waals surface area (Å²) in [5.74, 6) is 5.12. The van der Waals surface area contributed by atoms with Crippen LogP contribution in [-0.4, -0.2) is 19.9 Å². The topological polar surface area (TPSA) is 78.9 Å². The summed E-state index contributed by atoms with van der Waals surface area (Å²) in [6.07, 6.45) is -4.65. The van der Waals surface area contributed by atoms with Crippen molar-refractivity contribution in [3.05, 3.63) is 51.2 Å². The van der Waals surface area contributed by atoms with Crippen molar-refractivity contribution >= 4 is 34.7 Å². The molecule has 1 aromatic carbocycles. The van der Waals surface area contributed by atoms with E-state index in [0.29, 0.717) is 26.9 Å². The van der Waals surface area contributed by atoms with Crippen LogP contribution < -0.4 is 10.6 Å². The van der Waals surface area contributed by atoms with Crippen molar-refractivity contribution in [3.8, 4) is 5.75 Å². The number of hydrogen-bond donors (Lipinski definition) is 1. The van der Waals surface area contributed by atoms with Gasteiger partial charge in [-0.1, -0.05) is 23.4 Å². The minimum Gasteiger partial charge on any atom is -0.486 e. The van der Waals surface area contributed by atoms with E-state index < -0.39 is 12.0 Å². The van der Waals surface area contributed by atoms with Gasteiger partial charge in [-0.2, -0.15) is 13.2 Å². The van der Waals surface area contributed by atoms with Crippen molar-refractivity contribution in [3.63, 3.8) is 0 Å². The quantitative estimate of drug-likeness (QED) is 0.479. The van der Waals surface area contributed by atoms with Crippen LogP contribution in [0.1, 0.15) is 16.5 Å². The van der Waals surface area contributed by atoms with E-state index in [1.807, 2.05) is 0 Å². The molecule has 0 aliphatic rings. The van der Waals surface area contributed by atoms with E-state index in [1.165, 1.54) is 11.3 Å². The van der Waals surface area contributed by atoms with Crippen LogP contribution in [0.15, 0.2) is 34.8 Å². The van der Waals surface area contributed by atoms with Crippen molar-refractivity contribution in [1.82, 2.24) is 19.9 Å². The number of thiazole rings is 1. The molecule has 3 rings (SSSR count). The monoisotopic (exact) mass is 421 g/mol. The Hall–Kier alpha value is -1.98. The SMILES string of the molecule is Nn1c(SCc2csc(COc3ccc(Cl)cc3)n2)nnc1C(F)(F)F. The molecule has 2 N–H and O–H groups in total. The molecule has 0 unspecified atom stereocenters. The highest BCUT2D eigenvalue weighted by Crippen LogP contribution is 2.30. The Labute approximate surface area is 159 Å². The number of benzene rings is 1. The molecule has 0 bridgehead atoms. The van der Waals surface area contributed by atoms with Gasteiger partial charge in [-0.15, -0.1) is 21.5 Å². The molecule has 0 fully saturated rings. The zero-order valence-corrected chi connectivity index (χ0v) is 15.3. The van der Waals surface area contributed by atoms with Gasteiger partial charge in [0.05, 0.1) is 5.69 Å². The first-order chi connectivity index (χ1) is 12.3. The Morgan fingerprint density at radius 2 is 1.96 bits per heavy atom. The van der Waals surface area contributed by atoms with Crippen molar-refractivity contribution in [2.45, 2.75) is 23.7 Å². The predicted octanol–water partition coefficient (Wildman–Crippen LogP) is 3.99. The smallest absolute Gasteiger partial charge is 0.453 e. The molecule has 26 heavy (non-hydrogen) atoms. The number of nitrogens with zero attached hydrogens (tertiary/aromatic N) is 4. The third kappa shape index (κ3) is 4.59. The molecule has 0 atom stereocenters. The molecule has 6 nitrogen and oxygen atoms in total. The molecule has 2 aromatic heterocycles. The molecule has 12 heteroatoms. The summed E-state index contributed by atoms with van der Waals surface area (Å²) >= 11 is 8.21. The molecular formula is C14H11ClF3N5OS2.